The van der Waals surface area contributed by atoms with Crippen LogP contribution in [0.25, 0.3) is 0 Å². The number of ether oxygens (including phenoxy) is 2. The van der Waals surface area contributed by atoms with E-state index in [1.54, 1.807) is 24.0 Å². The molecule has 0 aromatic heterocycles. The molecule has 2 atom stereocenters. The van der Waals surface area contributed by atoms with Crippen LogP contribution in [0.5, 0.6) is 0 Å². The summed E-state index contributed by atoms with van der Waals surface area (Å²) in [6, 6.07) is 16.9. The molecule has 0 fully saturated rings. The molecular formula is C27H26N2O5. The van der Waals surface area contributed by atoms with Gasteiger partial charge in [0.25, 0.3) is 0 Å². The van der Waals surface area contributed by atoms with Gasteiger partial charge < -0.3 is 20.1 Å². The Bertz CT molecular complexity index is 1260. The lowest BCUT2D eigenvalue weighted by Gasteiger charge is -2.40. The monoisotopic (exact) mass is 458 g/mol. The number of Topliss-reactive ketones (excluding diaryl/α,β-unsaturated/α-hetero) is 1. The van der Waals surface area contributed by atoms with Crippen molar-refractivity contribution >= 4 is 23.3 Å². The number of likely N-dealkylation sites (N-methyl/N-ethyl adjacent to an activating group) is 1. The Kier molecular flexibility index (Phi) is 5.27. The second-order valence-corrected chi connectivity index (χ2v) is 8.62. The molecular weight excluding hydrogens is 432 g/mol. The number of esters is 1. The zero-order valence-electron chi connectivity index (χ0n) is 19.2. The van der Waals surface area contributed by atoms with Gasteiger partial charge in [-0.2, -0.15) is 0 Å². The van der Waals surface area contributed by atoms with Crippen molar-refractivity contribution in [1.29, 1.82) is 0 Å². The molecule has 7 heteroatoms. The number of allylic oxidation sites excluding steroid dienone is 1. The van der Waals surface area contributed by atoms with Gasteiger partial charge in [0, 0.05) is 30.6 Å². The van der Waals surface area contributed by atoms with Crippen LogP contribution in [0, 0.1) is 0 Å². The average molecular weight is 459 g/mol. The van der Waals surface area contributed by atoms with Gasteiger partial charge in [-0.15, -0.1) is 0 Å². The molecule has 3 aliphatic rings. The highest BCUT2D eigenvalue weighted by Crippen LogP contribution is 2.57. The first-order chi connectivity index (χ1) is 16.4. The largest absolute Gasteiger partial charge is 0.462 e. The summed E-state index contributed by atoms with van der Waals surface area (Å²) in [6.45, 7) is 4.00. The molecule has 0 radical (unpaired) electrons. The van der Waals surface area contributed by atoms with Crippen molar-refractivity contribution in [2.75, 3.05) is 18.1 Å². The van der Waals surface area contributed by atoms with E-state index in [0.29, 0.717) is 30.0 Å². The highest BCUT2D eigenvalue weighted by atomic mass is 16.5. The van der Waals surface area contributed by atoms with E-state index < -0.39 is 11.4 Å². The van der Waals surface area contributed by atoms with Crippen LogP contribution in [-0.2, 0) is 29.3 Å². The van der Waals surface area contributed by atoms with E-state index in [4.69, 9.17) is 15.2 Å². The van der Waals surface area contributed by atoms with E-state index >= 15 is 0 Å². The smallest absolute Gasteiger partial charge is 0.341 e. The number of nitrogens with zero attached hydrogens (tertiary/aromatic N) is 1. The summed E-state index contributed by atoms with van der Waals surface area (Å²) < 4.78 is 11.3. The fraction of sp³-hybridized carbons (Fsp3) is 0.296. The van der Waals surface area contributed by atoms with Crippen LogP contribution in [0.4, 0.5) is 5.69 Å². The summed E-state index contributed by atoms with van der Waals surface area (Å²) in [6.07, 6.45) is 0.594. The Hall–Kier alpha value is -3.87. The Morgan fingerprint density at radius 3 is 2.50 bits per heavy atom. The molecule has 0 bridgehead atoms. The Morgan fingerprint density at radius 2 is 1.79 bits per heavy atom. The second kappa shape index (κ2) is 8.17. The normalized spacial score (nSPS) is 23.7. The molecule has 5 rings (SSSR count). The number of benzene rings is 2. The maximum absolute atomic E-state index is 14.2. The van der Waals surface area contributed by atoms with Crippen LogP contribution in [-0.4, -0.2) is 30.8 Å². The lowest BCUT2D eigenvalue weighted by atomic mass is 9.63. The highest BCUT2D eigenvalue weighted by Gasteiger charge is 2.64. The first-order valence-electron chi connectivity index (χ1n) is 11.5. The molecule has 2 aromatic carbocycles. The van der Waals surface area contributed by atoms with Crippen molar-refractivity contribution in [2.45, 2.75) is 38.0 Å². The van der Waals surface area contributed by atoms with E-state index in [0.717, 1.165) is 5.56 Å². The van der Waals surface area contributed by atoms with E-state index in [2.05, 4.69) is 0 Å². The molecule has 0 saturated heterocycles. The third-order valence-corrected chi connectivity index (χ3v) is 6.88. The summed E-state index contributed by atoms with van der Waals surface area (Å²) in [4.78, 5) is 42.8. The van der Waals surface area contributed by atoms with E-state index in [1.807, 2.05) is 49.4 Å². The molecule has 7 nitrogen and oxygen atoms in total. The number of hydrogen-bond donors (Lipinski definition) is 1. The molecule has 0 unspecified atom stereocenters. The highest BCUT2D eigenvalue weighted by molar-refractivity contribution is 6.23. The van der Waals surface area contributed by atoms with Crippen molar-refractivity contribution in [3.8, 4) is 0 Å². The molecule has 1 spiro atoms. The van der Waals surface area contributed by atoms with Gasteiger partial charge >= 0.3 is 5.97 Å². The topological polar surface area (TPSA) is 98.9 Å². The van der Waals surface area contributed by atoms with Gasteiger partial charge in [-0.05, 0) is 31.4 Å². The van der Waals surface area contributed by atoms with Crippen LogP contribution in [0.15, 0.2) is 77.4 Å². The molecule has 1 amide bonds. The summed E-state index contributed by atoms with van der Waals surface area (Å²) in [5.41, 5.74) is 6.95. The van der Waals surface area contributed by atoms with E-state index in [-0.39, 0.29) is 47.7 Å². The zero-order valence-corrected chi connectivity index (χ0v) is 19.2. The predicted octanol–water partition coefficient (Wildman–Crippen LogP) is 3.46. The molecule has 2 heterocycles. The predicted molar refractivity (Wildman–Crippen MR) is 126 cm³/mol. The summed E-state index contributed by atoms with van der Waals surface area (Å²) in [5, 5.41) is 0. The van der Waals surface area contributed by atoms with Gasteiger partial charge in [-0.1, -0.05) is 48.5 Å². The lowest BCUT2D eigenvalue weighted by molar-refractivity contribution is -0.141. The second-order valence-electron chi connectivity index (χ2n) is 8.62. The van der Waals surface area contributed by atoms with Gasteiger partial charge in [0.05, 0.1) is 12.2 Å². The molecule has 0 saturated carbocycles. The van der Waals surface area contributed by atoms with Crippen LogP contribution in [0.2, 0.25) is 0 Å². The third kappa shape index (κ3) is 2.93. The van der Waals surface area contributed by atoms with Gasteiger partial charge in [-0.25, -0.2) is 4.79 Å². The average Bonchev–Trinajstić information content (AvgIpc) is 3.07. The van der Waals surface area contributed by atoms with Crippen molar-refractivity contribution in [2.24, 2.45) is 5.73 Å². The van der Waals surface area contributed by atoms with Crippen LogP contribution < -0.4 is 10.6 Å². The fourth-order valence-corrected chi connectivity index (χ4v) is 5.55. The number of anilines is 1. The number of ketones is 1. The number of carbonyl (C=O) groups excluding carboxylic acids is 3. The number of rotatable bonds is 4. The van der Waals surface area contributed by atoms with Crippen LogP contribution in [0.1, 0.15) is 43.7 Å². The number of hydrogen-bond acceptors (Lipinski definition) is 6. The minimum Gasteiger partial charge on any atom is -0.462 e. The van der Waals surface area contributed by atoms with Gasteiger partial charge in [0.1, 0.15) is 16.7 Å². The maximum atomic E-state index is 14.2. The fourth-order valence-electron chi connectivity index (χ4n) is 5.55. The van der Waals surface area contributed by atoms with Crippen LogP contribution >= 0.6 is 0 Å². The molecule has 34 heavy (non-hydrogen) atoms. The zero-order chi connectivity index (χ0) is 24.0. The third-order valence-electron chi connectivity index (χ3n) is 6.88. The standard InChI is InChI=1S/C27H26N2O5/c1-3-29-19-13-9-8-12-18(19)27(26(29)32)22-20(30)14-17(16-10-6-5-7-11-16)15-21(22)34-24(28)23(27)25(31)33-4-2/h5-13,17H,3-4,14-15,28H2,1-2H3/t17-,27+/m1/s1. The number of carbonyl (C=O) groups is 3. The first kappa shape index (κ1) is 21.9. The number of fused-ring (bicyclic) bond motifs is 3. The first-order valence-corrected chi connectivity index (χ1v) is 11.5. The Morgan fingerprint density at radius 1 is 1.09 bits per heavy atom. The van der Waals surface area contributed by atoms with Crippen molar-refractivity contribution in [3.63, 3.8) is 0 Å². The molecule has 1 aliphatic carbocycles. The number of nitrogens with two attached hydrogens (primary N) is 1. The quantitative estimate of drug-likeness (QED) is 0.705. The van der Waals surface area contributed by atoms with E-state index in [9.17, 15) is 14.4 Å². The number of para-hydroxylation sites is 1. The SMILES string of the molecule is CCOC(=O)C1=C(N)OC2=C(C(=O)C[C@@H](c3ccccc3)C2)[C@]12C(=O)N(CC)c1ccccc12. The lowest BCUT2D eigenvalue weighted by Crippen LogP contribution is -2.51. The van der Waals surface area contributed by atoms with Gasteiger partial charge in [0.15, 0.2) is 5.78 Å². The maximum Gasteiger partial charge on any atom is 0.341 e. The van der Waals surface area contributed by atoms with Gasteiger partial charge in [0.2, 0.25) is 11.8 Å². The van der Waals surface area contributed by atoms with E-state index in [1.165, 1.54) is 0 Å². The van der Waals surface area contributed by atoms with Gasteiger partial charge in [-0.3, -0.25) is 9.59 Å². The molecule has 2 aliphatic heterocycles. The summed E-state index contributed by atoms with van der Waals surface area (Å²) in [5.74, 6) is -1.34. The Balaban J connectivity index is 1.77. The molecule has 2 N–H and O–H groups in total. The summed E-state index contributed by atoms with van der Waals surface area (Å²) >= 11 is 0. The van der Waals surface area contributed by atoms with Crippen molar-refractivity contribution in [3.05, 3.63) is 88.5 Å². The molecule has 2 aromatic rings. The van der Waals surface area contributed by atoms with Crippen LogP contribution in [0.3, 0.4) is 0 Å². The van der Waals surface area contributed by atoms with Crippen molar-refractivity contribution < 1.29 is 23.9 Å². The minimum atomic E-state index is -1.69. The Labute approximate surface area is 197 Å². The van der Waals surface area contributed by atoms with Crippen molar-refractivity contribution in [1.82, 2.24) is 0 Å². The summed E-state index contributed by atoms with van der Waals surface area (Å²) in [7, 11) is 0. The number of amides is 1. The minimum absolute atomic E-state index is 0.0922. The molecule has 174 valence electrons.